The van der Waals surface area contributed by atoms with E-state index in [-0.39, 0.29) is 0 Å². The van der Waals surface area contributed by atoms with Gasteiger partial charge < -0.3 is 5.32 Å². The van der Waals surface area contributed by atoms with Crippen molar-refractivity contribution in [3.05, 3.63) is 29.6 Å². The van der Waals surface area contributed by atoms with E-state index in [2.05, 4.69) is 10.3 Å². The zero-order valence-corrected chi connectivity index (χ0v) is 8.07. The van der Waals surface area contributed by atoms with Crippen LogP contribution >= 0.6 is 0 Å². The van der Waals surface area contributed by atoms with Gasteiger partial charge in [-0.3, -0.25) is 4.79 Å². The molecular formula is C11H14N2O. The highest BCUT2D eigenvalue weighted by molar-refractivity contribution is 5.71. The van der Waals surface area contributed by atoms with E-state index in [0.717, 1.165) is 24.9 Å². The fraction of sp³-hybridized carbons (Fsp3) is 0.455. The number of rotatable bonds is 2. The van der Waals surface area contributed by atoms with Gasteiger partial charge in [0.25, 0.3) is 0 Å². The Bertz CT molecular complexity index is 319. The summed E-state index contributed by atoms with van der Waals surface area (Å²) in [6.07, 6.45) is 4.40. The van der Waals surface area contributed by atoms with E-state index >= 15 is 0 Å². The zero-order chi connectivity index (χ0) is 9.80. The van der Waals surface area contributed by atoms with Crippen LogP contribution in [0.1, 0.15) is 41.5 Å². The van der Waals surface area contributed by atoms with Crippen molar-refractivity contribution in [2.45, 2.75) is 25.3 Å². The molecule has 0 aliphatic carbocycles. The lowest BCUT2D eigenvalue weighted by atomic mass is 10.0. The smallest absolute Gasteiger partial charge is 0.168 e. The Kier molecular flexibility index (Phi) is 2.89. The average molecular weight is 190 g/mol. The lowest BCUT2D eigenvalue weighted by molar-refractivity contribution is 0.111. The molecule has 2 rings (SSSR count). The molecule has 0 amide bonds. The molecule has 14 heavy (non-hydrogen) atoms. The summed E-state index contributed by atoms with van der Waals surface area (Å²) < 4.78 is 0. The molecule has 74 valence electrons. The number of carbonyl (C=O) groups is 1. The second-order valence-electron chi connectivity index (χ2n) is 3.61. The van der Waals surface area contributed by atoms with Crippen molar-refractivity contribution in [3.8, 4) is 0 Å². The van der Waals surface area contributed by atoms with Crippen LogP contribution in [0, 0.1) is 0 Å². The number of carbonyl (C=O) groups excluding carboxylic acids is 1. The fourth-order valence-corrected chi connectivity index (χ4v) is 1.83. The molecule has 1 fully saturated rings. The minimum Gasteiger partial charge on any atom is -0.309 e. The third-order valence-electron chi connectivity index (χ3n) is 2.58. The van der Waals surface area contributed by atoms with Gasteiger partial charge in [-0.05, 0) is 31.5 Å². The first kappa shape index (κ1) is 9.34. The van der Waals surface area contributed by atoms with E-state index in [1.165, 1.54) is 12.8 Å². The number of aromatic nitrogens is 1. The summed E-state index contributed by atoms with van der Waals surface area (Å²) in [4.78, 5) is 14.8. The quantitative estimate of drug-likeness (QED) is 0.722. The minimum absolute atomic E-state index is 0.337. The van der Waals surface area contributed by atoms with Gasteiger partial charge in [-0.25, -0.2) is 4.98 Å². The minimum atomic E-state index is 0.337. The molecule has 1 aromatic heterocycles. The van der Waals surface area contributed by atoms with Crippen LogP contribution in [0.15, 0.2) is 18.2 Å². The van der Waals surface area contributed by atoms with E-state index in [0.29, 0.717) is 11.7 Å². The fourth-order valence-electron chi connectivity index (χ4n) is 1.83. The first-order valence-electron chi connectivity index (χ1n) is 5.05. The molecule has 2 heterocycles. The first-order chi connectivity index (χ1) is 6.90. The number of hydrogen-bond donors (Lipinski definition) is 1. The van der Waals surface area contributed by atoms with E-state index in [1.54, 1.807) is 6.07 Å². The molecule has 0 bridgehead atoms. The van der Waals surface area contributed by atoms with Crippen LogP contribution in [-0.2, 0) is 0 Å². The van der Waals surface area contributed by atoms with Gasteiger partial charge in [0, 0.05) is 6.04 Å². The zero-order valence-electron chi connectivity index (χ0n) is 8.07. The van der Waals surface area contributed by atoms with Gasteiger partial charge in [0.05, 0.1) is 5.69 Å². The Labute approximate surface area is 83.5 Å². The van der Waals surface area contributed by atoms with Crippen molar-refractivity contribution in [1.82, 2.24) is 10.3 Å². The molecule has 1 unspecified atom stereocenters. The van der Waals surface area contributed by atoms with Crippen molar-refractivity contribution in [2.75, 3.05) is 6.54 Å². The lowest BCUT2D eigenvalue weighted by Gasteiger charge is -2.22. The number of pyridine rings is 1. The summed E-state index contributed by atoms with van der Waals surface area (Å²) in [7, 11) is 0. The van der Waals surface area contributed by atoms with Crippen molar-refractivity contribution in [3.63, 3.8) is 0 Å². The van der Waals surface area contributed by atoms with E-state index in [4.69, 9.17) is 0 Å². The summed E-state index contributed by atoms with van der Waals surface area (Å²) in [5.41, 5.74) is 1.52. The van der Waals surface area contributed by atoms with Crippen molar-refractivity contribution >= 4 is 6.29 Å². The Hall–Kier alpha value is -1.22. The standard InChI is InChI=1S/C11H14N2O/c14-8-9-4-3-6-11(13-9)10-5-1-2-7-12-10/h3-4,6,8,10,12H,1-2,5,7H2. The monoisotopic (exact) mass is 190 g/mol. The lowest BCUT2D eigenvalue weighted by Crippen LogP contribution is -2.27. The van der Waals surface area contributed by atoms with Crippen molar-refractivity contribution in [1.29, 1.82) is 0 Å². The van der Waals surface area contributed by atoms with Crippen LogP contribution in [-0.4, -0.2) is 17.8 Å². The predicted octanol–water partition coefficient (Wildman–Crippen LogP) is 1.71. The SMILES string of the molecule is O=Cc1cccc(C2CCCCN2)n1. The second kappa shape index (κ2) is 4.33. The molecule has 1 aromatic rings. The van der Waals surface area contributed by atoms with Crippen LogP contribution in [0.3, 0.4) is 0 Å². The number of hydrogen-bond acceptors (Lipinski definition) is 3. The normalized spacial score (nSPS) is 21.9. The van der Waals surface area contributed by atoms with Gasteiger partial charge in [0.1, 0.15) is 5.69 Å². The summed E-state index contributed by atoms with van der Waals surface area (Å²) in [6.45, 7) is 1.05. The number of aldehydes is 1. The molecule has 1 N–H and O–H groups in total. The Morgan fingerprint density at radius 2 is 2.36 bits per heavy atom. The highest BCUT2D eigenvalue weighted by atomic mass is 16.1. The van der Waals surface area contributed by atoms with Crippen LogP contribution in [0.2, 0.25) is 0 Å². The van der Waals surface area contributed by atoms with E-state index < -0.39 is 0 Å². The molecule has 3 heteroatoms. The molecule has 3 nitrogen and oxygen atoms in total. The predicted molar refractivity (Wildman–Crippen MR) is 54.2 cm³/mol. The number of piperidine rings is 1. The molecule has 1 aliphatic heterocycles. The highest BCUT2D eigenvalue weighted by Gasteiger charge is 2.15. The molecule has 0 spiro atoms. The van der Waals surface area contributed by atoms with E-state index in [9.17, 15) is 4.79 Å². The molecule has 1 atom stereocenters. The van der Waals surface area contributed by atoms with Crippen LogP contribution in [0.4, 0.5) is 0 Å². The van der Waals surface area contributed by atoms with Crippen molar-refractivity contribution in [2.24, 2.45) is 0 Å². The molecule has 1 saturated heterocycles. The van der Waals surface area contributed by atoms with Crippen LogP contribution < -0.4 is 5.32 Å². The van der Waals surface area contributed by atoms with Crippen molar-refractivity contribution < 1.29 is 4.79 Å². The van der Waals surface area contributed by atoms with Crippen LogP contribution in [0.5, 0.6) is 0 Å². The molecule has 0 aromatic carbocycles. The summed E-state index contributed by atoms with van der Waals surface area (Å²) in [6, 6.07) is 5.95. The molecule has 0 radical (unpaired) electrons. The largest absolute Gasteiger partial charge is 0.309 e. The summed E-state index contributed by atoms with van der Waals surface area (Å²) in [5.74, 6) is 0. The van der Waals surface area contributed by atoms with Gasteiger partial charge in [-0.15, -0.1) is 0 Å². The third kappa shape index (κ3) is 1.99. The maximum Gasteiger partial charge on any atom is 0.168 e. The molecule has 1 aliphatic rings. The maximum absolute atomic E-state index is 10.6. The number of nitrogens with zero attached hydrogens (tertiary/aromatic N) is 1. The number of nitrogens with one attached hydrogen (secondary N) is 1. The van der Waals surface area contributed by atoms with Gasteiger partial charge >= 0.3 is 0 Å². The van der Waals surface area contributed by atoms with Gasteiger partial charge in [0.2, 0.25) is 0 Å². The first-order valence-corrected chi connectivity index (χ1v) is 5.05. The highest BCUT2D eigenvalue weighted by Crippen LogP contribution is 2.20. The maximum atomic E-state index is 10.6. The van der Waals surface area contributed by atoms with E-state index in [1.807, 2.05) is 12.1 Å². The topological polar surface area (TPSA) is 42.0 Å². The van der Waals surface area contributed by atoms with Gasteiger partial charge in [-0.1, -0.05) is 12.5 Å². The average Bonchev–Trinajstić information content (AvgIpc) is 2.30. The Morgan fingerprint density at radius 1 is 1.43 bits per heavy atom. The third-order valence-corrected chi connectivity index (χ3v) is 2.58. The van der Waals surface area contributed by atoms with Gasteiger partial charge in [-0.2, -0.15) is 0 Å². The molecule has 0 saturated carbocycles. The Balaban J connectivity index is 2.17. The molecular weight excluding hydrogens is 176 g/mol. The Morgan fingerprint density at radius 3 is 3.07 bits per heavy atom. The summed E-state index contributed by atoms with van der Waals surface area (Å²) >= 11 is 0. The van der Waals surface area contributed by atoms with Gasteiger partial charge in [0.15, 0.2) is 6.29 Å². The second-order valence-corrected chi connectivity index (χ2v) is 3.61. The summed E-state index contributed by atoms with van der Waals surface area (Å²) in [5, 5.41) is 3.41. The van der Waals surface area contributed by atoms with Crippen LogP contribution in [0.25, 0.3) is 0 Å².